The van der Waals surface area contributed by atoms with Crippen LogP contribution in [-0.4, -0.2) is 25.2 Å². The van der Waals surface area contributed by atoms with Crippen molar-refractivity contribution in [1.29, 1.82) is 0 Å². The molecule has 0 saturated carbocycles. The molecule has 1 aromatic carbocycles. The first-order valence-electron chi connectivity index (χ1n) is 6.33. The van der Waals surface area contributed by atoms with Gasteiger partial charge in [0.15, 0.2) is 0 Å². The molecule has 0 bridgehead atoms. The van der Waals surface area contributed by atoms with E-state index in [9.17, 15) is 9.59 Å². The van der Waals surface area contributed by atoms with Crippen LogP contribution in [0.2, 0.25) is 0 Å². The number of nitrogens with two attached hydrogens (primary N) is 1. The lowest BCUT2D eigenvalue weighted by Crippen LogP contribution is -2.11. The molecule has 0 unspecified atom stereocenters. The quantitative estimate of drug-likeness (QED) is 0.631. The van der Waals surface area contributed by atoms with E-state index in [0.29, 0.717) is 18.9 Å². The van der Waals surface area contributed by atoms with E-state index in [4.69, 9.17) is 15.2 Å². The minimum absolute atomic E-state index is 0.261. The Bertz CT molecular complexity index is 419. The Balaban J connectivity index is 2.87. The van der Waals surface area contributed by atoms with Crippen molar-refractivity contribution in [3.63, 3.8) is 0 Å². The third-order valence-electron chi connectivity index (χ3n) is 2.30. The summed E-state index contributed by atoms with van der Waals surface area (Å²) in [5, 5.41) is 0. The Kier molecular flexibility index (Phi) is 5.85. The van der Waals surface area contributed by atoms with Gasteiger partial charge in [0.25, 0.3) is 0 Å². The van der Waals surface area contributed by atoms with Crippen molar-refractivity contribution in [2.45, 2.75) is 26.7 Å². The number of rotatable bonds is 6. The predicted octanol–water partition coefficient (Wildman–Crippen LogP) is 2.40. The van der Waals surface area contributed by atoms with E-state index < -0.39 is 11.9 Å². The van der Waals surface area contributed by atoms with Crippen LogP contribution >= 0.6 is 0 Å². The van der Waals surface area contributed by atoms with Gasteiger partial charge in [-0.15, -0.1) is 0 Å². The van der Waals surface area contributed by atoms with Gasteiger partial charge in [0.1, 0.15) is 0 Å². The van der Waals surface area contributed by atoms with Crippen LogP contribution in [0.1, 0.15) is 47.4 Å². The van der Waals surface area contributed by atoms with Crippen molar-refractivity contribution in [1.82, 2.24) is 0 Å². The number of carbonyl (C=O) groups is 2. The Morgan fingerprint density at radius 1 is 0.947 bits per heavy atom. The van der Waals surface area contributed by atoms with Crippen LogP contribution in [0.4, 0.5) is 5.69 Å². The largest absolute Gasteiger partial charge is 0.462 e. The van der Waals surface area contributed by atoms with E-state index in [1.165, 1.54) is 18.2 Å². The summed E-state index contributed by atoms with van der Waals surface area (Å²) in [6.07, 6.45) is 1.47. The summed E-state index contributed by atoms with van der Waals surface area (Å²) >= 11 is 0. The van der Waals surface area contributed by atoms with Crippen molar-refractivity contribution in [3.8, 4) is 0 Å². The third-order valence-corrected chi connectivity index (χ3v) is 2.30. The zero-order chi connectivity index (χ0) is 14.3. The molecule has 0 aliphatic rings. The van der Waals surface area contributed by atoms with E-state index in [1.54, 1.807) is 0 Å². The first-order chi connectivity index (χ1) is 9.08. The van der Waals surface area contributed by atoms with E-state index >= 15 is 0 Å². The minimum atomic E-state index is -0.487. The predicted molar refractivity (Wildman–Crippen MR) is 72.0 cm³/mol. The highest BCUT2D eigenvalue weighted by Crippen LogP contribution is 2.14. The average molecular weight is 265 g/mol. The van der Waals surface area contributed by atoms with Crippen LogP contribution in [0, 0.1) is 0 Å². The molecule has 0 fully saturated rings. The fourth-order valence-corrected chi connectivity index (χ4v) is 1.44. The van der Waals surface area contributed by atoms with Crippen molar-refractivity contribution >= 4 is 17.6 Å². The highest BCUT2D eigenvalue weighted by atomic mass is 16.5. The minimum Gasteiger partial charge on any atom is -0.462 e. The lowest BCUT2D eigenvalue weighted by Gasteiger charge is -2.07. The van der Waals surface area contributed by atoms with Crippen LogP contribution in [0.3, 0.4) is 0 Å². The van der Waals surface area contributed by atoms with E-state index in [2.05, 4.69) is 0 Å². The van der Waals surface area contributed by atoms with Crippen LogP contribution < -0.4 is 5.73 Å². The van der Waals surface area contributed by atoms with Crippen molar-refractivity contribution in [2.75, 3.05) is 18.9 Å². The molecule has 2 N–H and O–H groups in total. The van der Waals surface area contributed by atoms with Crippen molar-refractivity contribution in [2.24, 2.45) is 0 Å². The highest BCUT2D eigenvalue weighted by Gasteiger charge is 2.14. The third kappa shape index (κ3) is 4.62. The van der Waals surface area contributed by atoms with Gasteiger partial charge in [-0.25, -0.2) is 9.59 Å². The fraction of sp³-hybridized carbons (Fsp3) is 0.429. The number of ether oxygens (including phenoxy) is 2. The molecule has 0 radical (unpaired) electrons. The summed E-state index contributed by atoms with van der Waals surface area (Å²) in [4.78, 5) is 23.4. The van der Waals surface area contributed by atoms with Gasteiger partial charge in [-0.2, -0.15) is 0 Å². The number of hydrogen-bond donors (Lipinski definition) is 1. The molecule has 0 aromatic heterocycles. The molecule has 1 rings (SSSR count). The molecular weight excluding hydrogens is 246 g/mol. The number of benzene rings is 1. The first-order valence-corrected chi connectivity index (χ1v) is 6.33. The molecule has 0 saturated heterocycles. The van der Waals surface area contributed by atoms with Gasteiger partial charge in [-0.3, -0.25) is 0 Å². The molecule has 104 valence electrons. The maximum Gasteiger partial charge on any atom is 0.338 e. The molecule has 1 aromatic rings. The Hall–Kier alpha value is -2.04. The fourth-order valence-electron chi connectivity index (χ4n) is 1.44. The topological polar surface area (TPSA) is 78.6 Å². The van der Waals surface area contributed by atoms with Gasteiger partial charge in [0.2, 0.25) is 0 Å². The van der Waals surface area contributed by atoms with Crippen molar-refractivity contribution < 1.29 is 19.1 Å². The van der Waals surface area contributed by atoms with E-state index in [1.807, 2.05) is 13.8 Å². The molecule has 5 nitrogen and oxygen atoms in total. The second-order valence-electron chi connectivity index (χ2n) is 4.12. The molecule has 19 heavy (non-hydrogen) atoms. The summed E-state index contributed by atoms with van der Waals surface area (Å²) in [5.74, 6) is -0.975. The average Bonchev–Trinajstić information content (AvgIpc) is 2.41. The van der Waals surface area contributed by atoms with Gasteiger partial charge in [-0.1, -0.05) is 13.8 Å². The smallest absolute Gasteiger partial charge is 0.338 e. The second-order valence-corrected chi connectivity index (χ2v) is 4.12. The zero-order valence-electron chi connectivity index (χ0n) is 11.3. The second kappa shape index (κ2) is 7.41. The number of carbonyl (C=O) groups excluding carboxylic acids is 2. The summed E-state index contributed by atoms with van der Waals surface area (Å²) in [5.41, 5.74) is 6.53. The van der Waals surface area contributed by atoms with Crippen LogP contribution in [0.5, 0.6) is 0 Å². The standard InChI is InChI=1S/C14H19NO4/c1-3-5-18-13(16)10-7-11(9-12(15)8-10)14(17)19-6-4-2/h7-9H,3-6,15H2,1-2H3. The maximum absolute atomic E-state index is 11.7. The lowest BCUT2D eigenvalue weighted by molar-refractivity contribution is 0.0503. The summed E-state index contributed by atoms with van der Waals surface area (Å²) in [6, 6.07) is 4.40. The maximum atomic E-state index is 11.7. The Labute approximate surface area is 112 Å². The van der Waals surface area contributed by atoms with Gasteiger partial charge >= 0.3 is 11.9 Å². The molecular formula is C14H19NO4. The Morgan fingerprint density at radius 2 is 1.37 bits per heavy atom. The normalized spacial score (nSPS) is 10.0. The molecule has 5 heteroatoms. The SMILES string of the molecule is CCCOC(=O)c1cc(N)cc(C(=O)OCCC)c1. The zero-order valence-corrected chi connectivity index (χ0v) is 11.3. The molecule has 0 aliphatic heterocycles. The number of hydrogen-bond acceptors (Lipinski definition) is 5. The van der Waals surface area contributed by atoms with Crippen LogP contribution in [0.15, 0.2) is 18.2 Å². The molecule has 0 spiro atoms. The number of anilines is 1. The number of nitrogen functional groups attached to an aromatic ring is 1. The van der Waals surface area contributed by atoms with E-state index in [0.717, 1.165) is 12.8 Å². The van der Waals surface area contributed by atoms with E-state index in [-0.39, 0.29) is 11.1 Å². The van der Waals surface area contributed by atoms with Gasteiger partial charge in [0, 0.05) is 5.69 Å². The summed E-state index contributed by atoms with van der Waals surface area (Å²) in [7, 11) is 0. The highest BCUT2D eigenvalue weighted by molar-refractivity contribution is 5.96. The molecule has 0 aliphatic carbocycles. The number of esters is 2. The summed E-state index contributed by atoms with van der Waals surface area (Å²) in [6.45, 7) is 4.48. The molecule has 0 atom stereocenters. The van der Waals surface area contributed by atoms with Crippen LogP contribution in [0.25, 0.3) is 0 Å². The molecule has 0 amide bonds. The first kappa shape index (κ1) is 15.0. The monoisotopic (exact) mass is 265 g/mol. The summed E-state index contributed by atoms with van der Waals surface area (Å²) < 4.78 is 10.0. The van der Waals surface area contributed by atoms with Gasteiger partial charge in [-0.05, 0) is 31.0 Å². The molecule has 0 heterocycles. The van der Waals surface area contributed by atoms with Crippen molar-refractivity contribution in [3.05, 3.63) is 29.3 Å². The van der Waals surface area contributed by atoms with Gasteiger partial charge in [0.05, 0.1) is 24.3 Å². The lowest BCUT2D eigenvalue weighted by atomic mass is 10.1. The van der Waals surface area contributed by atoms with Crippen LogP contribution in [-0.2, 0) is 9.47 Å². The Morgan fingerprint density at radius 3 is 1.74 bits per heavy atom. The van der Waals surface area contributed by atoms with Gasteiger partial charge < -0.3 is 15.2 Å².